The molecule has 0 saturated carbocycles. The van der Waals surface area contributed by atoms with E-state index >= 15 is 0 Å². The Morgan fingerprint density at radius 3 is 2.41 bits per heavy atom. The maximum atomic E-state index is 12.9. The van der Waals surface area contributed by atoms with E-state index in [4.69, 9.17) is 16.3 Å². The van der Waals surface area contributed by atoms with Crippen molar-refractivity contribution in [3.05, 3.63) is 58.1 Å². The van der Waals surface area contributed by atoms with Crippen LogP contribution in [0.3, 0.4) is 0 Å². The highest BCUT2D eigenvalue weighted by molar-refractivity contribution is 7.89. The Balaban J connectivity index is 1.65. The number of methoxy groups -OCH3 is 1. The first-order valence-corrected chi connectivity index (χ1v) is 11.3. The van der Waals surface area contributed by atoms with E-state index in [1.807, 2.05) is 19.9 Å². The van der Waals surface area contributed by atoms with Crippen LogP contribution in [0.25, 0.3) is 0 Å². The number of piperidine rings is 1. The predicted molar refractivity (Wildman–Crippen MR) is 113 cm³/mol. The molecule has 1 saturated heterocycles. The summed E-state index contributed by atoms with van der Waals surface area (Å²) in [6.07, 6.45) is 1.08. The summed E-state index contributed by atoms with van der Waals surface area (Å²) < 4.78 is 32.6. The van der Waals surface area contributed by atoms with Gasteiger partial charge in [-0.2, -0.15) is 4.31 Å². The van der Waals surface area contributed by atoms with Crippen molar-refractivity contribution in [2.45, 2.75) is 37.6 Å². The number of nitrogens with one attached hydrogen (secondary N) is 1. The predicted octanol–water partition coefficient (Wildman–Crippen LogP) is 3.55. The molecule has 1 aliphatic heterocycles. The molecule has 0 atom stereocenters. The third-order valence-electron chi connectivity index (χ3n) is 5.31. The van der Waals surface area contributed by atoms with Gasteiger partial charge in [0, 0.05) is 24.2 Å². The molecule has 1 aliphatic rings. The Hall–Kier alpha value is -2.09. The molecule has 2 aromatic carbocycles. The molecule has 156 valence electrons. The highest BCUT2D eigenvalue weighted by Gasteiger charge is 2.30. The summed E-state index contributed by atoms with van der Waals surface area (Å²) in [5.41, 5.74) is 2.37. The Morgan fingerprint density at radius 1 is 1.10 bits per heavy atom. The van der Waals surface area contributed by atoms with Crippen molar-refractivity contribution in [2.75, 3.05) is 20.2 Å². The Kier molecular flexibility index (Phi) is 6.51. The minimum Gasteiger partial charge on any atom is -0.496 e. The number of hydrogen-bond acceptors (Lipinski definition) is 4. The number of nitrogens with zero attached hydrogens (tertiary/aromatic N) is 1. The molecule has 0 bridgehead atoms. The summed E-state index contributed by atoms with van der Waals surface area (Å²) in [4.78, 5) is 12.9. The van der Waals surface area contributed by atoms with Crippen LogP contribution in [0.2, 0.25) is 5.02 Å². The van der Waals surface area contributed by atoms with Crippen LogP contribution in [-0.2, 0) is 10.0 Å². The number of benzene rings is 2. The lowest BCUT2D eigenvalue weighted by Crippen LogP contribution is -2.46. The van der Waals surface area contributed by atoms with Gasteiger partial charge in [-0.3, -0.25) is 4.79 Å². The van der Waals surface area contributed by atoms with Gasteiger partial charge in [0.2, 0.25) is 10.0 Å². The number of ether oxygens (including phenoxy) is 1. The minimum atomic E-state index is -3.54. The van der Waals surface area contributed by atoms with E-state index in [0.29, 0.717) is 47.2 Å². The van der Waals surface area contributed by atoms with Gasteiger partial charge in [0.05, 0.1) is 17.6 Å². The molecule has 6 nitrogen and oxygen atoms in total. The smallest absolute Gasteiger partial charge is 0.255 e. The summed E-state index contributed by atoms with van der Waals surface area (Å²) in [6.45, 7) is 4.56. The van der Waals surface area contributed by atoms with Crippen LogP contribution >= 0.6 is 11.6 Å². The zero-order chi connectivity index (χ0) is 21.2. The van der Waals surface area contributed by atoms with Crippen molar-refractivity contribution in [3.63, 3.8) is 0 Å². The van der Waals surface area contributed by atoms with Crippen LogP contribution in [0, 0.1) is 13.8 Å². The topological polar surface area (TPSA) is 75.7 Å². The molecular formula is C21H25ClN2O4S. The second kappa shape index (κ2) is 8.73. The molecule has 0 unspecified atom stereocenters. The van der Waals surface area contributed by atoms with Crippen LogP contribution < -0.4 is 10.1 Å². The van der Waals surface area contributed by atoms with Crippen molar-refractivity contribution in [2.24, 2.45) is 0 Å². The Bertz CT molecular complexity index is 1020. The van der Waals surface area contributed by atoms with E-state index < -0.39 is 10.0 Å². The summed E-state index contributed by atoms with van der Waals surface area (Å²) in [6, 6.07) is 9.95. The lowest BCUT2D eigenvalue weighted by Gasteiger charge is -2.31. The Labute approximate surface area is 176 Å². The fraction of sp³-hybridized carbons (Fsp3) is 0.381. The maximum absolute atomic E-state index is 12.9. The molecule has 2 aromatic rings. The van der Waals surface area contributed by atoms with Crippen LogP contribution in [0.5, 0.6) is 5.75 Å². The number of rotatable bonds is 5. The molecule has 0 aromatic heterocycles. The average molecular weight is 437 g/mol. The molecule has 1 heterocycles. The summed E-state index contributed by atoms with van der Waals surface area (Å²) >= 11 is 6.00. The van der Waals surface area contributed by atoms with E-state index in [1.165, 1.54) is 11.4 Å². The zero-order valence-corrected chi connectivity index (χ0v) is 18.3. The summed E-state index contributed by atoms with van der Waals surface area (Å²) in [5.74, 6) is 0.168. The van der Waals surface area contributed by atoms with E-state index in [0.717, 1.165) is 11.1 Å². The SMILES string of the molecule is COc1ccc(Cl)cc1C(=O)NC1CCN(S(=O)(=O)c2ccc(C)c(C)c2)CC1. The van der Waals surface area contributed by atoms with Gasteiger partial charge in [-0.1, -0.05) is 17.7 Å². The van der Waals surface area contributed by atoms with Gasteiger partial charge in [-0.05, 0) is 68.1 Å². The fourth-order valence-electron chi connectivity index (χ4n) is 3.38. The van der Waals surface area contributed by atoms with Gasteiger partial charge in [-0.25, -0.2) is 8.42 Å². The normalized spacial score (nSPS) is 15.9. The van der Waals surface area contributed by atoms with Crippen molar-refractivity contribution in [3.8, 4) is 5.75 Å². The molecular weight excluding hydrogens is 412 g/mol. The van der Waals surface area contributed by atoms with Crippen LogP contribution in [0.4, 0.5) is 0 Å². The number of hydrogen-bond donors (Lipinski definition) is 1. The van der Waals surface area contributed by atoms with Crippen molar-refractivity contribution in [1.29, 1.82) is 0 Å². The van der Waals surface area contributed by atoms with Crippen molar-refractivity contribution >= 4 is 27.5 Å². The van der Waals surface area contributed by atoms with Crippen LogP contribution in [0.1, 0.15) is 34.3 Å². The zero-order valence-electron chi connectivity index (χ0n) is 16.7. The number of aryl methyl sites for hydroxylation is 2. The minimum absolute atomic E-state index is 0.114. The summed E-state index contributed by atoms with van der Waals surface area (Å²) in [5, 5.41) is 3.42. The first kappa shape index (κ1) is 21.6. The second-order valence-electron chi connectivity index (χ2n) is 7.24. The van der Waals surface area contributed by atoms with Gasteiger partial charge < -0.3 is 10.1 Å². The third kappa shape index (κ3) is 4.74. The molecule has 0 aliphatic carbocycles. The quantitative estimate of drug-likeness (QED) is 0.777. The van der Waals surface area contributed by atoms with E-state index in [1.54, 1.807) is 30.3 Å². The molecule has 29 heavy (non-hydrogen) atoms. The second-order valence-corrected chi connectivity index (χ2v) is 9.62. The maximum Gasteiger partial charge on any atom is 0.255 e. The lowest BCUT2D eigenvalue weighted by molar-refractivity contribution is 0.0921. The molecule has 8 heteroatoms. The highest BCUT2D eigenvalue weighted by Crippen LogP contribution is 2.25. The molecule has 1 N–H and O–H groups in total. The molecule has 0 spiro atoms. The first-order chi connectivity index (χ1) is 13.7. The number of carbonyl (C=O) groups is 1. The third-order valence-corrected chi connectivity index (χ3v) is 7.44. The number of amides is 1. The van der Waals surface area contributed by atoms with Gasteiger partial charge in [-0.15, -0.1) is 0 Å². The van der Waals surface area contributed by atoms with Gasteiger partial charge in [0.15, 0.2) is 0 Å². The standard InChI is InChI=1S/C21H25ClN2O4S/c1-14-4-6-18(12-15(14)2)29(26,27)24-10-8-17(9-11-24)23-21(25)19-13-16(22)5-7-20(19)28-3/h4-7,12-13,17H,8-11H2,1-3H3,(H,23,25). The van der Waals surface area contributed by atoms with Crippen LogP contribution in [-0.4, -0.2) is 44.9 Å². The van der Waals surface area contributed by atoms with Gasteiger partial charge >= 0.3 is 0 Å². The van der Waals surface area contributed by atoms with E-state index in [2.05, 4.69) is 5.32 Å². The fourth-order valence-corrected chi connectivity index (χ4v) is 5.11. The largest absolute Gasteiger partial charge is 0.496 e. The summed E-state index contributed by atoms with van der Waals surface area (Å²) in [7, 11) is -2.04. The molecule has 1 fully saturated rings. The molecule has 3 rings (SSSR count). The Morgan fingerprint density at radius 2 is 1.79 bits per heavy atom. The van der Waals surface area contributed by atoms with Crippen LogP contribution in [0.15, 0.2) is 41.3 Å². The lowest BCUT2D eigenvalue weighted by atomic mass is 10.1. The number of halogens is 1. The number of carbonyl (C=O) groups excluding carboxylic acids is 1. The number of sulfonamides is 1. The molecule has 0 radical (unpaired) electrons. The average Bonchev–Trinajstić information content (AvgIpc) is 2.70. The van der Waals surface area contributed by atoms with E-state index in [-0.39, 0.29) is 11.9 Å². The van der Waals surface area contributed by atoms with Crippen molar-refractivity contribution < 1.29 is 17.9 Å². The molecule has 1 amide bonds. The monoisotopic (exact) mass is 436 g/mol. The van der Waals surface area contributed by atoms with E-state index in [9.17, 15) is 13.2 Å². The van der Waals surface area contributed by atoms with Crippen molar-refractivity contribution in [1.82, 2.24) is 9.62 Å². The highest BCUT2D eigenvalue weighted by atomic mass is 35.5. The van der Waals surface area contributed by atoms with Gasteiger partial charge in [0.25, 0.3) is 5.91 Å². The van der Waals surface area contributed by atoms with Gasteiger partial charge in [0.1, 0.15) is 5.75 Å². The first-order valence-electron chi connectivity index (χ1n) is 9.44.